The highest BCUT2D eigenvalue weighted by atomic mass is 16.4. The summed E-state index contributed by atoms with van der Waals surface area (Å²) in [4.78, 5) is 10.3. The molecule has 0 aliphatic heterocycles. The molecule has 0 saturated carbocycles. The number of aliphatic carboxylic acids is 1. The molecule has 0 radical (unpaired) electrons. The second-order valence-corrected chi connectivity index (χ2v) is 5.93. The second kappa shape index (κ2) is 17.0. The average Bonchev–Trinajstić information content (AvgIpc) is 2.51. The molecule has 3 nitrogen and oxygen atoms in total. The van der Waals surface area contributed by atoms with Crippen LogP contribution in [0.3, 0.4) is 0 Å². The van der Waals surface area contributed by atoms with Crippen molar-refractivity contribution in [1.82, 2.24) is 0 Å². The zero-order chi connectivity index (χ0) is 17.2. The van der Waals surface area contributed by atoms with Gasteiger partial charge in [0.15, 0.2) is 0 Å². The van der Waals surface area contributed by atoms with Crippen molar-refractivity contribution in [1.29, 1.82) is 0 Å². The molecule has 0 aliphatic rings. The maximum absolute atomic E-state index is 10.3. The van der Waals surface area contributed by atoms with Crippen molar-refractivity contribution >= 4 is 5.97 Å². The van der Waals surface area contributed by atoms with Gasteiger partial charge in [0.25, 0.3) is 0 Å². The predicted molar refractivity (Wildman–Crippen MR) is 97.5 cm³/mol. The van der Waals surface area contributed by atoms with E-state index in [1.54, 1.807) is 6.08 Å². The fraction of sp³-hybridized carbons (Fsp3) is 0.650. The molecule has 0 aromatic carbocycles. The van der Waals surface area contributed by atoms with Gasteiger partial charge in [0.2, 0.25) is 0 Å². The van der Waals surface area contributed by atoms with E-state index in [-0.39, 0.29) is 6.42 Å². The molecule has 0 fully saturated rings. The van der Waals surface area contributed by atoms with Crippen molar-refractivity contribution in [2.45, 2.75) is 83.7 Å². The van der Waals surface area contributed by atoms with Crippen LogP contribution in [0, 0.1) is 0 Å². The molecular weight excluding hydrogens is 288 g/mol. The zero-order valence-electron chi connectivity index (χ0n) is 14.6. The van der Waals surface area contributed by atoms with Crippen LogP contribution < -0.4 is 0 Å². The fourth-order valence-corrected chi connectivity index (χ4v) is 2.24. The van der Waals surface area contributed by atoms with E-state index >= 15 is 0 Å². The quantitative estimate of drug-likeness (QED) is 0.241. The first-order valence-electron chi connectivity index (χ1n) is 9.05. The van der Waals surface area contributed by atoms with Gasteiger partial charge < -0.3 is 10.2 Å². The predicted octanol–water partition coefficient (Wildman–Crippen LogP) is 5.41. The Labute approximate surface area is 141 Å². The van der Waals surface area contributed by atoms with Crippen LogP contribution in [0.25, 0.3) is 0 Å². The van der Waals surface area contributed by atoms with E-state index in [1.807, 2.05) is 12.2 Å². The molecule has 0 aliphatic carbocycles. The third-order valence-corrected chi connectivity index (χ3v) is 3.63. The molecule has 2 N–H and O–H groups in total. The molecule has 0 heterocycles. The van der Waals surface area contributed by atoms with Crippen molar-refractivity contribution in [3.8, 4) is 0 Å². The Morgan fingerprint density at radius 1 is 0.957 bits per heavy atom. The van der Waals surface area contributed by atoms with Gasteiger partial charge >= 0.3 is 5.97 Å². The lowest BCUT2D eigenvalue weighted by atomic mass is 10.1. The maximum Gasteiger partial charge on any atom is 0.303 e. The molecule has 132 valence electrons. The number of aliphatic hydroxyl groups excluding tert-OH is 1. The van der Waals surface area contributed by atoms with Crippen molar-refractivity contribution < 1.29 is 15.0 Å². The van der Waals surface area contributed by atoms with Crippen molar-refractivity contribution in [2.24, 2.45) is 0 Å². The van der Waals surface area contributed by atoms with Crippen molar-refractivity contribution in [3.05, 3.63) is 36.5 Å². The summed E-state index contributed by atoms with van der Waals surface area (Å²) in [6.07, 6.45) is 22.6. The first-order valence-corrected chi connectivity index (χ1v) is 9.05. The molecule has 0 amide bonds. The summed E-state index contributed by atoms with van der Waals surface area (Å²) in [7, 11) is 0. The monoisotopic (exact) mass is 322 g/mol. The number of rotatable bonds is 15. The second-order valence-electron chi connectivity index (χ2n) is 5.93. The summed E-state index contributed by atoms with van der Waals surface area (Å²) in [5.74, 6) is -0.811. The molecule has 0 saturated heterocycles. The largest absolute Gasteiger partial charge is 0.481 e. The van der Waals surface area contributed by atoms with E-state index in [0.717, 1.165) is 12.8 Å². The third kappa shape index (κ3) is 18.6. The van der Waals surface area contributed by atoms with Crippen LogP contribution in [0.1, 0.15) is 77.6 Å². The fourth-order valence-electron chi connectivity index (χ4n) is 2.24. The van der Waals surface area contributed by atoms with Crippen molar-refractivity contribution in [2.75, 3.05) is 0 Å². The minimum absolute atomic E-state index is 0.115. The van der Waals surface area contributed by atoms with Gasteiger partial charge in [0.1, 0.15) is 0 Å². The Morgan fingerprint density at radius 2 is 1.70 bits per heavy atom. The van der Waals surface area contributed by atoms with E-state index in [0.29, 0.717) is 12.8 Å². The Morgan fingerprint density at radius 3 is 2.43 bits per heavy atom. The van der Waals surface area contributed by atoms with E-state index in [1.165, 1.54) is 38.5 Å². The van der Waals surface area contributed by atoms with Gasteiger partial charge in [-0.25, -0.2) is 0 Å². The number of allylic oxidation sites excluding steroid dienone is 5. The van der Waals surface area contributed by atoms with Gasteiger partial charge in [-0.1, -0.05) is 75.5 Å². The number of hydrogen-bond acceptors (Lipinski definition) is 2. The molecule has 3 heteroatoms. The number of hydrogen-bond donors (Lipinski definition) is 2. The zero-order valence-corrected chi connectivity index (χ0v) is 14.6. The molecule has 0 spiro atoms. The molecule has 0 aromatic heterocycles. The Balaban J connectivity index is 3.49. The van der Waals surface area contributed by atoms with Crippen LogP contribution in [0.2, 0.25) is 0 Å². The summed E-state index contributed by atoms with van der Waals surface area (Å²) in [6.45, 7) is 2.24. The lowest BCUT2D eigenvalue weighted by Crippen LogP contribution is -2.03. The minimum Gasteiger partial charge on any atom is -0.481 e. The summed E-state index contributed by atoms with van der Waals surface area (Å²) in [5.41, 5.74) is 0. The molecule has 0 aromatic rings. The Kier molecular flexibility index (Phi) is 16.0. The van der Waals surface area contributed by atoms with Crippen molar-refractivity contribution in [3.63, 3.8) is 0 Å². The maximum atomic E-state index is 10.3. The van der Waals surface area contributed by atoms with E-state index < -0.39 is 12.1 Å². The number of aliphatic hydroxyl groups is 1. The van der Waals surface area contributed by atoms with Crippen LogP contribution in [0.4, 0.5) is 0 Å². The van der Waals surface area contributed by atoms with Crippen LogP contribution >= 0.6 is 0 Å². The van der Waals surface area contributed by atoms with Gasteiger partial charge in [-0.05, 0) is 32.1 Å². The Bertz CT molecular complexity index is 356. The van der Waals surface area contributed by atoms with Crippen LogP contribution in [-0.2, 0) is 4.79 Å². The summed E-state index contributed by atoms with van der Waals surface area (Å²) >= 11 is 0. The summed E-state index contributed by atoms with van der Waals surface area (Å²) < 4.78 is 0. The molecule has 23 heavy (non-hydrogen) atoms. The standard InChI is InChI=1S/C20H34O3/c1-2-3-4-5-6-7-8-9-10-11-12-13-14-16-19(21)17-15-18-20(22)23/h9-10,12-14,16,19,21H,2-8,11,15,17-18H2,1H3,(H,22,23)/b10-9+,13-12+,16-14-/t19-/m0/s1. The van der Waals surface area contributed by atoms with Gasteiger partial charge in [0.05, 0.1) is 6.10 Å². The molecule has 0 rings (SSSR count). The van der Waals surface area contributed by atoms with Crippen LogP contribution in [0.15, 0.2) is 36.5 Å². The number of carboxylic acid groups (broad SMARTS) is 1. The van der Waals surface area contributed by atoms with Gasteiger partial charge in [-0.2, -0.15) is 0 Å². The molecular formula is C20H34O3. The number of unbranched alkanes of at least 4 members (excludes halogenated alkanes) is 6. The lowest BCUT2D eigenvalue weighted by Gasteiger charge is -2.02. The first kappa shape index (κ1) is 21.6. The molecule has 1 atom stereocenters. The average molecular weight is 322 g/mol. The van der Waals surface area contributed by atoms with Gasteiger partial charge in [-0.15, -0.1) is 0 Å². The van der Waals surface area contributed by atoms with Crippen LogP contribution in [0.5, 0.6) is 0 Å². The first-order chi connectivity index (χ1) is 11.2. The highest BCUT2D eigenvalue weighted by Gasteiger charge is 2.01. The smallest absolute Gasteiger partial charge is 0.303 e. The molecule has 0 unspecified atom stereocenters. The van der Waals surface area contributed by atoms with E-state index in [4.69, 9.17) is 5.11 Å². The normalized spacial score (nSPS) is 13.5. The summed E-state index contributed by atoms with van der Waals surface area (Å²) in [5, 5.41) is 18.1. The van der Waals surface area contributed by atoms with Gasteiger partial charge in [-0.3, -0.25) is 4.79 Å². The SMILES string of the molecule is CCCCCCCC/C=C/C/C=C/C=C\[C@H](O)CCCC(=O)O. The van der Waals surface area contributed by atoms with Crippen LogP contribution in [-0.4, -0.2) is 22.3 Å². The highest BCUT2D eigenvalue weighted by Crippen LogP contribution is 2.07. The number of carboxylic acids is 1. The topological polar surface area (TPSA) is 57.5 Å². The lowest BCUT2D eigenvalue weighted by molar-refractivity contribution is -0.137. The summed E-state index contributed by atoms with van der Waals surface area (Å²) in [6, 6.07) is 0. The van der Waals surface area contributed by atoms with E-state index in [2.05, 4.69) is 25.2 Å². The number of carbonyl (C=O) groups is 1. The van der Waals surface area contributed by atoms with Gasteiger partial charge in [0, 0.05) is 6.42 Å². The highest BCUT2D eigenvalue weighted by molar-refractivity contribution is 5.66. The third-order valence-electron chi connectivity index (χ3n) is 3.63. The Hall–Kier alpha value is -1.35. The molecule has 0 bridgehead atoms. The minimum atomic E-state index is -0.811. The van der Waals surface area contributed by atoms with E-state index in [9.17, 15) is 9.90 Å².